The SMILES string of the molecule is ClC1COOOO1. The molecule has 0 amide bonds. The van der Waals surface area contributed by atoms with E-state index in [0.29, 0.717) is 0 Å². The molecule has 1 atom stereocenters. The third-order valence-electron chi connectivity index (χ3n) is 0.419. The van der Waals surface area contributed by atoms with Gasteiger partial charge < -0.3 is 0 Å². The molecule has 4 nitrogen and oxygen atoms in total. The second-order valence-electron chi connectivity index (χ2n) is 0.927. The first-order valence-electron chi connectivity index (χ1n) is 1.65. The van der Waals surface area contributed by atoms with E-state index in [9.17, 15) is 0 Å². The highest BCUT2D eigenvalue weighted by atomic mass is 35.5. The Balaban J connectivity index is 2.12. The van der Waals surface area contributed by atoms with E-state index < -0.39 is 5.56 Å². The number of rotatable bonds is 0. The van der Waals surface area contributed by atoms with E-state index in [0.717, 1.165) is 0 Å². The summed E-state index contributed by atoms with van der Waals surface area (Å²) < 4.78 is 0. The van der Waals surface area contributed by atoms with Crippen molar-refractivity contribution in [3.05, 3.63) is 0 Å². The van der Waals surface area contributed by atoms with Crippen molar-refractivity contribution >= 4 is 11.6 Å². The standard InChI is InChI=1S/C2H3ClO4/c3-2-1-4-6-7-5-2/h2H,1H2. The van der Waals surface area contributed by atoms with E-state index in [4.69, 9.17) is 11.6 Å². The molecule has 1 fully saturated rings. The maximum Gasteiger partial charge on any atom is 0.196 e. The average molecular weight is 126 g/mol. The van der Waals surface area contributed by atoms with Crippen molar-refractivity contribution in [3.63, 3.8) is 0 Å². The van der Waals surface area contributed by atoms with Gasteiger partial charge >= 0.3 is 0 Å². The highest BCUT2D eigenvalue weighted by Gasteiger charge is 2.12. The molecule has 42 valence electrons. The van der Waals surface area contributed by atoms with Crippen LogP contribution < -0.4 is 0 Å². The molecule has 1 rings (SSSR count). The Bertz CT molecular complexity index is 51.7. The van der Waals surface area contributed by atoms with Gasteiger partial charge in [-0.1, -0.05) is 11.6 Å². The summed E-state index contributed by atoms with van der Waals surface area (Å²) in [7, 11) is 0. The number of hydrogen-bond donors (Lipinski definition) is 0. The van der Waals surface area contributed by atoms with Gasteiger partial charge in [0.15, 0.2) is 5.56 Å². The van der Waals surface area contributed by atoms with Crippen LogP contribution in [-0.4, -0.2) is 12.2 Å². The Morgan fingerprint density at radius 1 is 1.43 bits per heavy atom. The van der Waals surface area contributed by atoms with Gasteiger partial charge in [0.05, 0.1) is 0 Å². The monoisotopic (exact) mass is 126 g/mol. The predicted octanol–water partition coefficient (Wildman–Crippen LogP) is 0.376. The van der Waals surface area contributed by atoms with E-state index in [1.54, 1.807) is 0 Å². The van der Waals surface area contributed by atoms with E-state index in [1.165, 1.54) is 0 Å². The van der Waals surface area contributed by atoms with Gasteiger partial charge in [-0.05, 0) is 10.1 Å². The maximum absolute atomic E-state index is 5.26. The van der Waals surface area contributed by atoms with Crippen LogP contribution in [0.15, 0.2) is 0 Å². The van der Waals surface area contributed by atoms with Gasteiger partial charge in [-0.15, -0.1) is 0 Å². The van der Waals surface area contributed by atoms with Crippen LogP contribution in [0.5, 0.6) is 0 Å². The highest BCUT2D eigenvalue weighted by molar-refractivity contribution is 6.19. The van der Waals surface area contributed by atoms with E-state index in [1.807, 2.05) is 0 Å². The summed E-state index contributed by atoms with van der Waals surface area (Å²) in [6, 6.07) is 0. The third-order valence-corrected chi connectivity index (χ3v) is 0.617. The maximum atomic E-state index is 5.26. The van der Waals surface area contributed by atoms with Crippen LogP contribution in [0.3, 0.4) is 0 Å². The lowest BCUT2D eigenvalue weighted by Crippen LogP contribution is -2.20. The molecule has 0 aliphatic carbocycles. The lowest BCUT2D eigenvalue weighted by molar-refractivity contribution is -0.668. The van der Waals surface area contributed by atoms with Crippen LogP contribution in [0.1, 0.15) is 0 Å². The molecule has 1 heterocycles. The predicted molar refractivity (Wildman–Crippen MR) is 18.8 cm³/mol. The Kier molecular flexibility index (Phi) is 1.84. The van der Waals surface area contributed by atoms with Crippen molar-refractivity contribution in [1.29, 1.82) is 0 Å². The lowest BCUT2D eigenvalue weighted by Gasteiger charge is -2.11. The van der Waals surface area contributed by atoms with Crippen LogP contribution in [0.4, 0.5) is 0 Å². The fourth-order valence-electron chi connectivity index (χ4n) is 0.187. The number of hydrogen-bond acceptors (Lipinski definition) is 4. The molecule has 5 heteroatoms. The minimum absolute atomic E-state index is 0.182. The molecular weight excluding hydrogens is 123 g/mol. The first-order chi connectivity index (χ1) is 3.39. The van der Waals surface area contributed by atoms with Gasteiger partial charge in [0, 0.05) is 0 Å². The zero-order valence-electron chi connectivity index (χ0n) is 3.30. The Hall–Kier alpha value is 0.130. The number of alkyl halides is 1. The van der Waals surface area contributed by atoms with Crippen LogP contribution in [-0.2, 0) is 19.9 Å². The Labute approximate surface area is 44.6 Å². The minimum atomic E-state index is -0.561. The largest absolute Gasteiger partial charge is 0.200 e. The lowest BCUT2D eigenvalue weighted by atomic mass is 10.8. The summed E-state index contributed by atoms with van der Waals surface area (Å²) in [6.07, 6.45) is 0. The Morgan fingerprint density at radius 3 is 2.57 bits per heavy atom. The van der Waals surface area contributed by atoms with Gasteiger partial charge in [-0.3, -0.25) is 0 Å². The molecule has 7 heavy (non-hydrogen) atoms. The normalized spacial score (nSPS) is 33.0. The molecule has 0 spiro atoms. The van der Waals surface area contributed by atoms with Crippen molar-refractivity contribution in [2.45, 2.75) is 5.56 Å². The van der Waals surface area contributed by atoms with E-state index in [2.05, 4.69) is 19.9 Å². The molecule has 0 aromatic rings. The molecule has 1 aliphatic rings. The van der Waals surface area contributed by atoms with Gasteiger partial charge in [-0.25, -0.2) is 0 Å². The van der Waals surface area contributed by atoms with Crippen molar-refractivity contribution in [2.75, 3.05) is 6.61 Å². The van der Waals surface area contributed by atoms with Crippen LogP contribution in [0.2, 0.25) is 0 Å². The van der Waals surface area contributed by atoms with Gasteiger partial charge in [-0.2, -0.15) is 9.78 Å². The quantitative estimate of drug-likeness (QED) is 0.347. The first kappa shape index (κ1) is 5.27. The first-order valence-corrected chi connectivity index (χ1v) is 2.09. The van der Waals surface area contributed by atoms with E-state index >= 15 is 0 Å². The fourth-order valence-corrected chi connectivity index (χ4v) is 0.268. The molecule has 0 aromatic heterocycles. The second kappa shape index (κ2) is 2.44. The van der Waals surface area contributed by atoms with Crippen LogP contribution >= 0.6 is 11.6 Å². The summed E-state index contributed by atoms with van der Waals surface area (Å²) in [5, 5.41) is 7.66. The van der Waals surface area contributed by atoms with E-state index in [-0.39, 0.29) is 6.61 Å². The molecular formula is C2H3ClO4. The molecule has 0 aromatic carbocycles. The summed E-state index contributed by atoms with van der Waals surface area (Å²) >= 11 is 5.26. The van der Waals surface area contributed by atoms with Crippen molar-refractivity contribution in [2.24, 2.45) is 0 Å². The molecule has 1 saturated heterocycles. The highest BCUT2D eigenvalue weighted by Crippen LogP contribution is 2.05. The molecule has 0 N–H and O–H groups in total. The topological polar surface area (TPSA) is 36.9 Å². The Morgan fingerprint density at radius 2 is 2.29 bits per heavy atom. The molecule has 0 radical (unpaired) electrons. The van der Waals surface area contributed by atoms with Gasteiger partial charge in [0.25, 0.3) is 0 Å². The summed E-state index contributed by atoms with van der Waals surface area (Å²) in [5.41, 5.74) is -0.561. The molecule has 1 aliphatic heterocycles. The number of halogens is 1. The summed E-state index contributed by atoms with van der Waals surface area (Å²) in [5.74, 6) is 0. The van der Waals surface area contributed by atoms with Crippen molar-refractivity contribution in [1.82, 2.24) is 0 Å². The zero-order valence-corrected chi connectivity index (χ0v) is 4.05. The molecule has 1 unspecified atom stereocenters. The fraction of sp³-hybridized carbons (Fsp3) is 1.00. The van der Waals surface area contributed by atoms with Crippen molar-refractivity contribution < 1.29 is 19.9 Å². The van der Waals surface area contributed by atoms with Crippen molar-refractivity contribution in [3.8, 4) is 0 Å². The van der Waals surface area contributed by atoms with Crippen LogP contribution in [0.25, 0.3) is 0 Å². The van der Waals surface area contributed by atoms with Crippen LogP contribution in [0, 0.1) is 0 Å². The smallest absolute Gasteiger partial charge is 0.196 e. The minimum Gasteiger partial charge on any atom is -0.200 e. The molecule has 0 bridgehead atoms. The summed E-state index contributed by atoms with van der Waals surface area (Å²) in [6.45, 7) is 0.182. The second-order valence-corrected chi connectivity index (χ2v) is 1.41. The van der Waals surface area contributed by atoms with Gasteiger partial charge in [0.2, 0.25) is 0 Å². The van der Waals surface area contributed by atoms with Gasteiger partial charge in [0.1, 0.15) is 6.61 Å². The summed E-state index contributed by atoms with van der Waals surface area (Å²) in [4.78, 5) is 8.40. The third kappa shape index (κ3) is 1.58. The molecule has 0 saturated carbocycles. The average Bonchev–Trinajstić information content (AvgIpc) is 1.69. The zero-order chi connectivity index (χ0) is 5.11.